The van der Waals surface area contributed by atoms with Gasteiger partial charge in [-0.1, -0.05) is 0 Å². The highest BCUT2D eigenvalue weighted by atomic mass is 16.4. The minimum Gasteiger partial charge on any atom is -0.480 e. The predicted octanol–water partition coefficient (Wildman–Crippen LogP) is -0.857. The van der Waals surface area contributed by atoms with Crippen molar-refractivity contribution in [3.63, 3.8) is 0 Å². The molecule has 0 amide bonds. The van der Waals surface area contributed by atoms with Gasteiger partial charge in [0.1, 0.15) is 6.04 Å². The molecule has 5 N–H and O–H groups in total. The van der Waals surface area contributed by atoms with Crippen LogP contribution >= 0.6 is 0 Å². The van der Waals surface area contributed by atoms with Gasteiger partial charge in [0, 0.05) is 18.0 Å². The number of nitrogen functional groups attached to an aromatic ring is 1. The molecule has 0 aliphatic heterocycles. The van der Waals surface area contributed by atoms with Gasteiger partial charge in [-0.05, 0) is 0 Å². The average molecular weight is 168 g/mol. The lowest BCUT2D eigenvalue weighted by Gasteiger charge is -2.04. The van der Waals surface area contributed by atoms with Crippen LogP contribution in [0.15, 0.2) is 12.4 Å². The number of anilines is 1. The summed E-state index contributed by atoms with van der Waals surface area (Å²) in [6, 6.07) is -1.09. The summed E-state index contributed by atoms with van der Waals surface area (Å²) in [7, 11) is 0. The van der Waals surface area contributed by atoms with E-state index in [0.29, 0.717) is 5.56 Å². The Balaban J connectivity index is 2.89. The summed E-state index contributed by atoms with van der Waals surface area (Å²) in [5.74, 6) is -1.03. The first-order valence-corrected chi connectivity index (χ1v) is 3.17. The van der Waals surface area contributed by atoms with Crippen LogP contribution in [0.2, 0.25) is 0 Å². The molecule has 0 saturated carbocycles. The van der Waals surface area contributed by atoms with Crippen molar-refractivity contribution in [1.82, 2.24) is 9.97 Å². The Bertz CT molecular complexity index is 284. The molecule has 1 aromatic heterocycles. The maximum absolute atomic E-state index is 10.4. The number of aliphatic carboxylic acids is 1. The van der Waals surface area contributed by atoms with Crippen LogP contribution in [0, 0.1) is 0 Å². The van der Waals surface area contributed by atoms with Crippen molar-refractivity contribution in [2.24, 2.45) is 5.73 Å². The van der Waals surface area contributed by atoms with Crippen molar-refractivity contribution in [1.29, 1.82) is 0 Å². The van der Waals surface area contributed by atoms with Gasteiger partial charge in [-0.3, -0.25) is 4.79 Å². The normalized spacial score (nSPS) is 12.4. The van der Waals surface area contributed by atoms with Crippen LogP contribution in [0.3, 0.4) is 0 Å². The summed E-state index contributed by atoms with van der Waals surface area (Å²) in [5.41, 5.74) is 10.8. The van der Waals surface area contributed by atoms with E-state index in [1.54, 1.807) is 0 Å². The Kier molecular flexibility index (Phi) is 2.20. The summed E-state index contributed by atoms with van der Waals surface area (Å²) < 4.78 is 0. The van der Waals surface area contributed by atoms with Gasteiger partial charge in [-0.15, -0.1) is 0 Å². The summed E-state index contributed by atoms with van der Waals surface area (Å²) >= 11 is 0. The molecule has 0 saturated heterocycles. The molecular weight excluding hydrogens is 160 g/mol. The van der Waals surface area contributed by atoms with E-state index in [9.17, 15) is 4.79 Å². The highest BCUT2D eigenvalue weighted by molar-refractivity contribution is 5.74. The number of carboxylic acid groups (broad SMARTS) is 1. The van der Waals surface area contributed by atoms with E-state index in [1.807, 2.05) is 0 Å². The van der Waals surface area contributed by atoms with Crippen LogP contribution in [0.25, 0.3) is 0 Å². The smallest absolute Gasteiger partial charge is 0.325 e. The Morgan fingerprint density at radius 3 is 2.42 bits per heavy atom. The third kappa shape index (κ3) is 1.67. The topological polar surface area (TPSA) is 115 Å². The SMILES string of the molecule is Nc1ncc(C(N)C(=O)O)cn1. The second-order valence-electron chi connectivity index (χ2n) is 2.19. The molecule has 0 aliphatic carbocycles. The van der Waals surface area contributed by atoms with Crippen LogP contribution in [0.4, 0.5) is 5.95 Å². The van der Waals surface area contributed by atoms with E-state index >= 15 is 0 Å². The monoisotopic (exact) mass is 168 g/mol. The number of hydrogen-bond donors (Lipinski definition) is 3. The quantitative estimate of drug-likeness (QED) is 0.529. The minimum atomic E-state index is -1.12. The van der Waals surface area contributed by atoms with Gasteiger partial charge >= 0.3 is 5.97 Å². The third-order valence-corrected chi connectivity index (χ3v) is 1.32. The van der Waals surface area contributed by atoms with E-state index in [0.717, 1.165) is 0 Å². The second kappa shape index (κ2) is 3.14. The van der Waals surface area contributed by atoms with Crippen LogP contribution in [0.5, 0.6) is 0 Å². The lowest BCUT2D eigenvalue weighted by Crippen LogP contribution is -2.21. The summed E-state index contributed by atoms with van der Waals surface area (Å²) in [5, 5.41) is 8.49. The van der Waals surface area contributed by atoms with Crippen LogP contribution in [0.1, 0.15) is 11.6 Å². The van der Waals surface area contributed by atoms with Gasteiger partial charge in [0.25, 0.3) is 0 Å². The van der Waals surface area contributed by atoms with Crippen LogP contribution < -0.4 is 11.5 Å². The number of hydrogen-bond acceptors (Lipinski definition) is 5. The standard InChI is InChI=1S/C6H8N4O2/c7-4(5(11)12)3-1-9-6(8)10-2-3/h1-2,4H,7H2,(H,11,12)(H2,8,9,10). The maximum Gasteiger partial charge on any atom is 0.325 e. The molecule has 6 nitrogen and oxygen atoms in total. The fourth-order valence-corrected chi connectivity index (χ4v) is 0.651. The molecule has 12 heavy (non-hydrogen) atoms. The van der Waals surface area contributed by atoms with Crippen molar-refractivity contribution < 1.29 is 9.90 Å². The average Bonchev–Trinajstić information content (AvgIpc) is 2.04. The summed E-state index contributed by atoms with van der Waals surface area (Å²) in [6.45, 7) is 0. The van der Waals surface area contributed by atoms with Crippen molar-refractivity contribution in [2.45, 2.75) is 6.04 Å². The van der Waals surface area contributed by atoms with Gasteiger partial charge in [-0.2, -0.15) is 0 Å². The fourth-order valence-electron chi connectivity index (χ4n) is 0.651. The van der Waals surface area contributed by atoms with E-state index in [-0.39, 0.29) is 5.95 Å². The number of carbonyl (C=O) groups is 1. The van der Waals surface area contributed by atoms with Gasteiger partial charge in [0.2, 0.25) is 5.95 Å². The number of carboxylic acids is 1. The zero-order valence-corrected chi connectivity index (χ0v) is 6.14. The van der Waals surface area contributed by atoms with Gasteiger partial charge < -0.3 is 16.6 Å². The van der Waals surface area contributed by atoms with Gasteiger partial charge in [0.05, 0.1) is 0 Å². The Hall–Kier alpha value is -1.69. The Morgan fingerprint density at radius 2 is 2.00 bits per heavy atom. The number of nitrogens with zero attached hydrogens (tertiary/aromatic N) is 2. The van der Waals surface area contributed by atoms with E-state index < -0.39 is 12.0 Å². The molecule has 1 rings (SSSR count). The van der Waals surface area contributed by atoms with Crippen molar-refractivity contribution in [2.75, 3.05) is 5.73 Å². The lowest BCUT2D eigenvalue weighted by molar-refractivity contribution is -0.138. The second-order valence-corrected chi connectivity index (χ2v) is 2.19. The highest BCUT2D eigenvalue weighted by Gasteiger charge is 2.14. The molecule has 64 valence electrons. The molecule has 1 heterocycles. The first-order chi connectivity index (χ1) is 5.61. The predicted molar refractivity (Wildman–Crippen MR) is 41.0 cm³/mol. The fraction of sp³-hybridized carbons (Fsp3) is 0.167. The van der Waals surface area contributed by atoms with E-state index in [4.69, 9.17) is 16.6 Å². The van der Waals surface area contributed by atoms with Crippen LogP contribution in [-0.4, -0.2) is 21.0 Å². The largest absolute Gasteiger partial charge is 0.480 e. The molecular formula is C6H8N4O2. The number of aromatic nitrogens is 2. The molecule has 1 aromatic rings. The van der Waals surface area contributed by atoms with Crippen molar-refractivity contribution >= 4 is 11.9 Å². The first kappa shape index (κ1) is 8.41. The summed E-state index contributed by atoms with van der Waals surface area (Å²) in [4.78, 5) is 17.6. The Labute approximate surface area is 68.2 Å². The molecule has 0 aliphatic rings. The third-order valence-electron chi connectivity index (χ3n) is 1.32. The highest BCUT2D eigenvalue weighted by Crippen LogP contribution is 2.07. The Morgan fingerprint density at radius 1 is 1.50 bits per heavy atom. The molecule has 6 heteroatoms. The molecule has 1 atom stereocenters. The maximum atomic E-state index is 10.4. The molecule has 1 unspecified atom stereocenters. The van der Waals surface area contributed by atoms with Gasteiger partial charge in [-0.25, -0.2) is 9.97 Å². The number of nitrogens with two attached hydrogens (primary N) is 2. The molecule has 0 radical (unpaired) electrons. The van der Waals surface area contributed by atoms with E-state index in [2.05, 4.69) is 9.97 Å². The lowest BCUT2D eigenvalue weighted by atomic mass is 10.2. The molecule has 0 aromatic carbocycles. The van der Waals surface area contributed by atoms with Gasteiger partial charge in [0.15, 0.2) is 0 Å². The van der Waals surface area contributed by atoms with Crippen molar-refractivity contribution in [3.8, 4) is 0 Å². The van der Waals surface area contributed by atoms with E-state index in [1.165, 1.54) is 12.4 Å². The first-order valence-electron chi connectivity index (χ1n) is 3.17. The number of rotatable bonds is 2. The van der Waals surface area contributed by atoms with Crippen LogP contribution in [-0.2, 0) is 4.79 Å². The molecule has 0 fully saturated rings. The minimum absolute atomic E-state index is 0.0938. The van der Waals surface area contributed by atoms with Crippen molar-refractivity contribution in [3.05, 3.63) is 18.0 Å². The molecule has 0 bridgehead atoms. The summed E-state index contributed by atoms with van der Waals surface area (Å²) in [6.07, 6.45) is 2.59. The zero-order valence-electron chi connectivity index (χ0n) is 6.14. The molecule has 0 spiro atoms. The zero-order chi connectivity index (χ0) is 9.14.